The van der Waals surface area contributed by atoms with Crippen LogP contribution in [-0.2, 0) is 35.1 Å². The quantitative estimate of drug-likeness (QED) is 0.560. The van der Waals surface area contributed by atoms with Gasteiger partial charge in [-0.2, -0.15) is 0 Å². The fourth-order valence-electron chi connectivity index (χ4n) is 2.60. The Morgan fingerprint density at radius 1 is 1.12 bits per heavy atom. The Hall–Kier alpha value is -3.03. The second kappa shape index (κ2) is 8.89. The highest BCUT2D eigenvalue weighted by atomic mass is 16.6. The van der Waals surface area contributed by atoms with Gasteiger partial charge in [-0.05, 0) is 12.5 Å². The molecule has 1 aromatic carbocycles. The van der Waals surface area contributed by atoms with E-state index in [0.717, 1.165) is 10.5 Å². The molecule has 1 aliphatic rings. The van der Waals surface area contributed by atoms with Gasteiger partial charge in [0.25, 0.3) is 0 Å². The van der Waals surface area contributed by atoms with Gasteiger partial charge in [0.2, 0.25) is 0 Å². The predicted octanol–water partition coefficient (Wildman–Crippen LogP) is 1.64. The number of benzene rings is 1. The standard InChI is InChI=1S/C18H21NO7/c1-4-25-13-10-19(15(17(21)24-3)14(13)16(20)23-2)18(22)26-11-12-8-6-5-7-9-12/h5-9,15H,4,10-11H2,1-3H3/t15-/m1/s1. The first-order valence-electron chi connectivity index (χ1n) is 8.02. The summed E-state index contributed by atoms with van der Waals surface area (Å²) in [5, 5.41) is 0. The summed E-state index contributed by atoms with van der Waals surface area (Å²) in [6.07, 6.45) is -0.764. The molecule has 8 nitrogen and oxygen atoms in total. The third-order valence-corrected chi connectivity index (χ3v) is 3.79. The summed E-state index contributed by atoms with van der Waals surface area (Å²) < 4.78 is 20.2. The molecule has 2 rings (SSSR count). The van der Waals surface area contributed by atoms with E-state index in [0.29, 0.717) is 0 Å². The highest BCUT2D eigenvalue weighted by Crippen LogP contribution is 2.28. The van der Waals surface area contributed by atoms with Crippen molar-refractivity contribution in [2.45, 2.75) is 19.6 Å². The topological polar surface area (TPSA) is 91.4 Å². The van der Waals surface area contributed by atoms with E-state index in [1.165, 1.54) is 14.2 Å². The van der Waals surface area contributed by atoms with Gasteiger partial charge in [-0.15, -0.1) is 0 Å². The zero-order valence-corrected chi connectivity index (χ0v) is 14.9. The van der Waals surface area contributed by atoms with Gasteiger partial charge in [0, 0.05) is 0 Å². The van der Waals surface area contributed by atoms with E-state index in [1.807, 2.05) is 18.2 Å². The average molecular weight is 363 g/mol. The number of rotatable bonds is 6. The number of hydrogen-bond donors (Lipinski definition) is 0. The monoisotopic (exact) mass is 363 g/mol. The first kappa shape index (κ1) is 19.3. The second-order valence-corrected chi connectivity index (χ2v) is 5.36. The zero-order chi connectivity index (χ0) is 19.1. The summed E-state index contributed by atoms with van der Waals surface area (Å²) in [7, 11) is 2.35. The Bertz CT molecular complexity index is 699. The number of esters is 2. The lowest BCUT2D eigenvalue weighted by molar-refractivity contribution is -0.147. The third-order valence-electron chi connectivity index (χ3n) is 3.79. The minimum atomic E-state index is -1.28. The minimum absolute atomic E-state index is 0.0294. The molecular weight excluding hydrogens is 342 g/mol. The second-order valence-electron chi connectivity index (χ2n) is 5.36. The summed E-state index contributed by atoms with van der Waals surface area (Å²) in [6.45, 7) is 1.93. The van der Waals surface area contributed by atoms with Crippen LogP contribution in [0, 0.1) is 0 Å². The van der Waals surface area contributed by atoms with Gasteiger partial charge in [0.05, 0.1) is 27.4 Å². The van der Waals surface area contributed by atoms with Gasteiger partial charge in [-0.3, -0.25) is 4.90 Å². The van der Waals surface area contributed by atoms with Crippen molar-refractivity contribution >= 4 is 18.0 Å². The number of hydrogen-bond acceptors (Lipinski definition) is 7. The summed E-state index contributed by atoms with van der Waals surface area (Å²) in [6, 6.07) is 7.82. The van der Waals surface area contributed by atoms with Crippen LogP contribution in [0.15, 0.2) is 41.7 Å². The Balaban J connectivity index is 2.22. The van der Waals surface area contributed by atoms with Crippen LogP contribution in [0.3, 0.4) is 0 Å². The maximum absolute atomic E-state index is 12.5. The Kier molecular flexibility index (Phi) is 6.60. The van der Waals surface area contributed by atoms with Gasteiger partial charge < -0.3 is 18.9 Å². The van der Waals surface area contributed by atoms with Crippen LogP contribution in [0.4, 0.5) is 4.79 Å². The number of methoxy groups -OCH3 is 2. The average Bonchev–Trinajstić information content (AvgIpc) is 3.05. The predicted molar refractivity (Wildman–Crippen MR) is 89.8 cm³/mol. The smallest absolute Gasteiger partial charge is 0.411 e. The molecule has 1 aromatic rings. The molecule has 0 fully saturated rings. The highest BCUT2D eigenvalue weighted by Gasteiger charge is 2.46. The molecule has 0 aromatic heterocycles. The summed E-state index contributed by atoms with van der Waals surface area (Å²) in [5.74, 6) is -1.36. The molecule has 26 heavy (non-hydrogen) atoms. The molecule has 0 bridgehead atoms. The molecule has 0 unspecified atom stereocenters. The first-order valence-corrected chi connectivity index (χ1v) is 8.02. The lowest BCUT2D eigenvalue weighted by atomic mass is 10.1. The van der Waals surface area contributed by atoms with Crippen LogP contribution in [0.1, 0.15) is 12.5 Å². The molecule has 0 spiro atoms. The number of carbonyl (C=O) groups is 3. The lowest BCUT2D eigenvalue weighted by Crippen LogP contribution is -2.44. The van der Waals surface area contributed by atoms with E-state index in [9.17, 15) is 14.4 Å². The van der Waals surface area contributed by atoms with E-state index >= 15 is 0 Å². The first-order chi connectivity index (χ1) is 12.5. The molecule has 1 aliphatic heterocycles. The van der Waals surface area contributed by atoms with Crippen molar-refractivity contribution in [3.63, 3.8) is 0 Å². The number of carbonyl (C=O) groups excluding carboxylic acids is 3. The van der Waals surface area contributed by atoms with Crippen LogP contribution < -0.4 is 0 Å². The fourth-order valence-corrected chi connectivity index (χ4v) is 2.60. The molecule has 0 saturated carbocycles. The van der Waals surface area contributed by atoms with Crippen LogP contribution in [0.2, 0.25) is 0 Å². The van der Waals surface area contributed by atoms with Crippen molar-refractivity contribution in [2.24, 2.45) is 0 Å². The van der Waals surface area contributed by atoms with E-state index in [-0.39, 0.29) is 31.1 Å². The number of nitrogens with zero attached hydrogens (tertiary/aromatic N) is 1. The van der Waals surface area contributed by atoms with E-state index in [2.05, 4.69) is 0 Å². The Labute approximate surface area is 151 Å². The van der Waals surface area contributed by atoms with Gasteiger partial charge >= 0.3 is 18.0 Å². The molecule has 1 atom stereocenters. The molecule has 0 saturated heterocycles. The Morgan fingerprint density at radius 3 is 2.38 bits per heavy atom. The molecular formula is C18H21NO7. The fraction of sp³-hybridized carbons (Fsp3) is 0.389. The van der Waals surface area contributed by atoms with Gasteiger partial charge in [-0.25, -0.2) is 14.4 Å². The van der Waals surface area contributed by atoms with Gasteiger partial charge in [0.15, 0.2) is 6.04 Å². The van der Waals surface area contributed by atoms with Crippen molar-refractivity contribution in [1.29, 1.82) is 0 Å². The minimum Gasteiger partial charge on any atom is -0.496 e. The van der Waals surface area contributed by atoms with E-state index < -0.39 is 24.1 Å². The van der Waals surface area contributed by atoms with Crippen molar-refractivity contribution in [3.8, 4) is 0 Å². The Morgan fingerprint density at radius 2 is 1.81 bits per heavy atom. The maximum Gasteiger partial charge on any atom is 0.411 e. The molecule has 0 aliphatic carbocycles. The molecule has 8 heteroatoms. The van der Waals surface area contributed by atoms with E-state index in [4.69, 9.17) is 18.9 Å². The van der Waals surface area contributed by atoms with E-state index in [1.54, 1.807) is 19.1 Å². The molecule has 140 valence electrons. The van der Waals surface area contributed by atoms with Crippen LogP contribution in [0.5, 0.6) is 0 Å². The summed E-state index contributed by atoms with van der Waals surface area (Å²) >= 11 is 0. The largest absolute Gasteiger partial charge is 0.496 e. The molecule has 0 radical (unpaired) electrons. The highest BCUT2D eigenvalue weighted by molar-refractivity contribution is 6.01. The van der Waals surface area contributed by atoms with Crippen molar-refractivity contribution in [1.82, 2.24) is 4.90 Å². The summed E-state index contributed by atoms with van der Waals surface area (Å²) in [5.41, 5.74) is 0.735. The summed E-state index contributed by atoms with van der Waals surface area (Å²) in [4.78, 5) is 38.0. The molecule has 1 amide bonds. The van der Waals surface area contributed by atoms with Crippen molar-refractivity contribution in [3.05, 3.63) is 47.2 Å². The zero-order valence-electron chi connectivity index (χ0n) is 14.9. The number of ether oxygens (including phenoxy) is 4. The molecule has 1 heterocycles. The van der Waals surface area contributed by atoms with Crippen molar-refractivity contribution in [2.75, 3.05) is 27.4 Å². The maximum atomic E-state index is 12.5. The molecule has 0 N–H and O–H groups in total. The van der Waals surface area contributed by atoms with Crippen LogP contribution >= 0.6 is 0 Å². The van der Waals surface area contributed by atoms with Crippen molar-refractivity contribution < 1.29 is 33.3 Å². The number of amides is 1. The van der Waals surface area contributed by atoms with Gasteiger partial charge in [-0.1, -0.05) is 30.3 Å². The normalized spacial score (nSPS) is 16.3. The SMILES string of the molecule is CCOC1=C(C(=O)OC)[C@H](C(=O)OC)N(C(=O)OCc2ccccc2)C1. The third kappa shape index (κ3) is 4.14. The van der Waals surface area contributed by atoms with Crippen LogP contribution in [0.25, 0.3) is 0 Å². The van der Waals surface area contributed by atoms with Crippen LogP contribution in [-0.4, -0.2) is 56.3 Å². The van der Waals surface area contributed by atoms with Gasteiger partial charge in [0.1, 0.15) is 17.9 Å². The lowest BCUT2D eigenvalue weighted by Gasteiger charge is -2.23.